The summed E-state index contributed by atoms with van der Waals surface area (Å²) in [7, 11) is 0. The zero-order valence-electron chi connectivity index (χ0n) is 8.06. The molecule has 2 rings (SSSR count). The van der Waals surface area contributed by atoms with Crippen molar-refractivity contribution >= 4 is 11.6 Å². The summed E-state index contributed by atoms with van der Waals surface area (Å²) in [5, 5.41) is 4.17. The van der Waals surface area contributed by atoms with Crippen LogP contribution in [0.1, 0.15) is 30.0 Å². The van der Waals surface area contributed by atoms with Gasteiger partial charge in [0.15, 0.2) is 11.6 Å². The fourth-order valence-corrected chi connectivity index (χ4v) is 1.16. The van der Waals surface area contributed by atoms with Gasteiger partial charge in [0.25, 0.3) is 5.78 Å². The van der Waals surface area contributed by atoms with Crippen molar-refractivity contribution in [3.8, 4) is 0 Å². The van der Waals surface area contributed by atoms with Crippen molar-refractivity contribution in [1.82, 2.24) is 19.6 Å². The second kappa shape index (κ2) is 3.17. The minimum Gasteiger partial charge on any atom is -0.294 e. The number of carbonyl (C=O) groups is 1. The Bertz CT molecular complexity index is 489. The Hall–Kier alpha value is -1.78. The van der Waals surface area contributed by atoms with E-state index in [0.29, 0.717) is 11.3 Å². The third-order valence-electron chi connectivity index (χ3n) is 1.96. The lowest BCUT2D eigenvalue weighted by Crippen LogP contribution is -1.98. The molecule has 0 unspecified atom stereocenters. The van der Waals surface area contributed by atoms with Gasteiger partial charge in [-0.3, -0.25) is 4.79 Å². The predicted octanol–water partition coefficient (Wildman–Crippen LogP) is 0.889. The number of carbonyl (C=O) groups excluding carboxylic acids is 1. The SMILES string of the molecule is CCc1nc2ncc(C(C)=O)cn2n1. The van der Waals surface area contributed by atoms with Crippen LogP contribution in [0.4, 0.5) is 0 Å². The van der Waals surface area contributed by atoms with Gasteiger partial charge in [0, 0.05) is 18.8 Å². The molecule has 0 aliphatic heterocycles. The first kappa shape index (κ1) is 8.80. The Morgan fingerprint density at radius 1 is 1.57 bits per heavy atom. The van der Waals surface area contributed by atoms with E-state index in [1.807, 2.05) is 6.92 Å². The number of aromatic nitrogens is 4. The Balaban J connectivity index is 2.59. The van der Waals surface area contributed by atoms with Crippen molar-refractivity contribution in [2.45, 2.75) is 20.3 Å². The van der Waals surface area contributed by atoms with Crippen LogP contribution in [0.5, 0.6) is 0 Å². The van der Waals surface area contributed by atoms with E-state index in [4.69, 9.17) is 0 Å². The number of ketones is 1. The average Bonchev–Trinajstić information content (AvgIpc) is 2.58. The molecule has 0 radical (unpaired) electrons. The third kappa shape index (κ3) is 1.37. The van der Waals surface area contributed by atoms with Crippen LogP contribution in [0.2, 0.25) is 0 Å². The van der Waals surface area contributed by atoms with Crippen LogP contribution in [0.25, 0.3) is 5.78 Å². The maximum Gasteiger partial charge on any atom is 0.252 e. The summed E-state index contributed by atoms with van der Waals surface area (Å²) in [5.74, 6) is 1.25. The monoisotopic (exact) mass is 190 g/mol. The molecule has 0 bridgehead atoms. The Morgan fingerprint density at radius 2 is 2.36 bits per heavy atom. The van der Waals surface area contributed by atoms with E-state index < -0.39 is 0 Å². The molecule has 0 amide bonds. The van der Waals surface area contributed by atoms with Crippen LogP contribution >= 0.6 is 0 Å². The van der Waals surface area contributed by atoms with Crippen molar-refractivity contribution < 1.29 is 4.79 Å². The Labute approximate surface area is 80.8 Å². The van der Waals surface area contributed by atoms with Crippen LogP contribution in [0, 0.1) is 0 Å². The summed E-state index contributed by atoms with van der Waals surface area (Å²) in [4.78, 5) is 19.3. The minimum absolute atomic E-state index is 0.0204. The van der Waals surface area contributed by atoms with Gasteiger partial charge in [0.05, 0.1) is 5.56 Å². The molecule has 5 heteroatoms. The highest BCUT2D eigenvalue weighted by Crippen LogP contribution is 2.02. The molecule has 2 aromatic rings. The van der Waals surface area contributed by atoms with E-state index in [2.05, 4.69) is 15.1 Å². The lowest BCUT2D eigenvalue weighted by Gasteiger charge is -1.93. The number of nitrogens with zero attached hydrogens (tertiary/aromatic N) is 4. The lowest BCUT2D eigenvalue weighted by atomic mass is 10.2. The smallest absolute Gasteiger partial charge is 0.252 e. The summed E-state index contributed by atoms with van der Waals surface area (Å²) < 4.78 is 1.54. The molecule has 2 heterocycles. The quantitative estimate of drug-likeness (QED) is 0.660. The average molecular weight is 190 g/mol. The van der Waals surface area contributed by atoms with E-state index in [-0.39, 0.29) is 5.78 Å². The van der Waals surface area contributed by atoms with Crippen molar-refractivity contribution in [1.29, 1.82) is 0 Å². The first-order valence-electron chi connectivity index (χ1n) is 4.43. The van der Waals surface area contributed by atoms with Crippen LogP contribution in [-0.2, 0) is 6.42 Å². The number of hydrogen-bond acceptors (Lipinski definition) is 4. The summed E-state index contributed by atoms with van der Waals surface area (Å²) >= 11 is 0. The van der Waals surface area contributed by atoms with Crippen LogP contribution in [-0.4, -0.2) is 25.4 Å². The van der Waals surface area contributed by atoms with Crippen molar-refractivity contribution in [3.05, 3.63) is 23.8 Å². The zero-order valence-corrected chi connectivity index (χ0v) is 8.06. The lowest BCUT2D eigenvalue weighted by molar-refractivity contribution is 0.101. The zero-order chi connectivity index (χ0) is 10.1. The van der Waals surface area contributed by atoms with Gasteiger partial charge in [-0.2, -0.15) is 4.98 Å². The molecule has 0 fully saturated rings. The molecular weight excluding hydrogens is 180 g/mol. The molecular formula is C9H10N4O. The van der Waals surface area contributed by atoms with Crippen molar-refractivity contribution in [2.24, 2.45) is 0 Å². The second-order valence-electron chi connectivity index (χ2n) is 3.02. The summed E-state index contributed by atoms with van der Waals surface area (Å²) in [6, 6.07) is 0. The normalized spacial score (nSPS) is 10.7. The molecule has 72 valence electrons. The van der Waals surface area contributed by atoms with Crippen LogP contribution in [0.3, 0.4) is 0 Å². The highest BCUT2D eigenvalue weighted by molar-refractivity contribution is 5.93. The van der Waals surface area contributed by atoms with Gasteiger partial charge < -0.3 is 0 Å². The maximum atomic E-state index is 11.1. The van der Waals surface area contributed by atoms with E-state index in [0.717, 1.165) is 12.2 Å². The fourth-order valence-electron chi connectivity index (χ4n) is 1.16. The first-order chi connectivity index (χ1) is 6.70. The second-order valence-corrected chi connectivity index (χ2v) is 3.02. The van der Waals surface area contributed by atoms with Crippen LogP contribution < -0.4 is 0 Å². The predicted molar refractivity (Wildman–Crippen MR) is 50.2 cm³/mol. The molecule has 5 nitrogen and oxygen atoms in total. The van der Waals surface area contributed by atoms with Gasteiger partial charge in [-0.05, 0) is 6.92 Å². The van der Waals surface area contributed by atoms with Gasteiger partial charge in [-0.1, -0.05) is 6.92 Å². The highest BCUT2D eigenvalue weighted by Gasteiger charge is 2.05. The Morgan fingerprint density at radius 3 is 3.00 bits per heavy atom. The van der Waals surface area contributed by atoms with Gasteiger partial charge >= 0.3 is 0 Å². The topological polar surface area (TPSA) is 60.2 Å². The molecule has 0 aromatic carbocycles. The summed E-state index contributed by atoms with van der Waals surface area (Å²) in [6.07, 6.45) is 3.93. The van der Waals surface area contributed by atoms with Crippen molar-refractivity contribution in [2.75, 3.05) is 0 Å². The molecule has 0 saturated carbocycles. The van der Waals surface area contributed by atoms with E-state index in [1.165, 1.54) is 17.6 Å². The molecule has 0 aliphatic rings. The fraction of sp³-hybridized carbons (Fsp3) is 0.333. The van der Waals surface area contributed by atoms with Crippen LogP contribution in [0.15, 0.2) is 12.4 Å². The number of Topliss-reactive ketones (excluding diaryl/α,β-unsaturated/α-hetero) is 1. The number of rotatable bonds is 2. The number of hydrogen-bond donors (Lipinski definition) is 0. The highest BCUT2D eigenvalue weighted by atomic mass is 16.1. The van der Waals surface area contributed by atoms with E-state index in [9.17, 15) is 4.79 Å². The third-order valence-corrected chi connectivity index (χ3v) is 1.96. The number of fused-ring (bicyclic) bond motifs is 1. The molecule has 0 atom stereocenters. The molecule has 0 aliphatic carbocycles. The molecule has 0 saturated heterocycles. The molecule has 14 heavy (non-hydrogen) atoms. The molecule has 0 spiro atoms. The standard InChI is InChI=1S/C9H10N4O/c1-3-8-11-9-10-4-7(6(2)14)5-13(9)12-8/h4-5H,3H2,1-2H3. The van der Waals surface area contributed by atoms with Gasteiger partial charge in [-0.15, -0.1) is 5.10 Å². The largest absolute Gasteiger partial charge is 0.294 e. The van der Waals surface area contributed by atoms with E-state index in [1.54, 1.807) is 6.20 Å². The van der Waals surface area contributed by atoms with Gasteiger partial charge in [0.1, 0.15) is 0 Å². The maximum absolute atomic E-state index is 11.1. The molecule has 0 N–H and O–H groups in total. The minimum atomic E-state index is -0.0204. The van der Waals surface area contributed by atoms with Gasteiger partial charge in [-0.25, -0.2) is 9.50 Å². The Kier molecular flexibility index (Phi) is 1.99. The van der Waals surface area contributed by atoms with Crippen molar-refractivity contribution in [3.63, 3.8) is 0 Å². The number of aryl methyl sites for hydroxylation is 1. The van der Waals surface area contributed by atoms with E-state index >= 15 is 0 Å². The summed E-state index contributed by atoms with van der Waals surface area (Å²) in [6.45, 7) is 3.47. The summed E-state index contributed by atoms with van der Waals surface area (Å²) in [5.41, 5.74) is 0.546. The van der Waals surface area contributed by atoms with Gasteiger partial charge in [0.2, 0.25) is 0 Å². The first-order valence-corrected chi connectivity index (χ1v) is 4.43. The molecule has 2 aromatic heterocycles.